The highest BCUT2D eigenvalue weighted by Gasteiger charge is 2.08. The SMILES string of the molecule is Cc1nc(COc2ccccc2C=CC(=O)Nc2cccc(C(=O)Nc3ccncc3)c2)cs1. The maximum atomic E-state index is 12.5. The molecule has 0 unspecified atom stereocenters. The van der Waals surface area contributed by atoms with Gasteiger partial charge >= 0.3 is 0 Å². The van der Waals surface area contributed by atoms with Crippen LogP contribution in [0.2, 0.25) is 0 Å². The van der Waals surface area contributed by atoms with Gasteiger partial charge in [0.1, 0.15) is 12.4 Å². The van der Waals surface area contributed by atoms with Crippen LogP contribution in [0.3, 0.4) is 0 Å². The highest BCUT2D eigenvalue weighted by Crippen LogP contribution is 2.21. The molecule has 34 heavy (non-hydrogen) atoms. The molecule has 0 atom stereocenters. The van der Waals surface area contributed by atoms with Crippen LogP contribution in [-0.2, 0) is 11.4 Å². The van der Waals surface area contributed by atoms with Gasteiger partial charge in [-0.3, -0.25) is 14.6 Å². The van der Waals surface area contributed by atoms with E-state index in [1.165, 1.54) is 6.08 Å². The summed E-state index contributed by atoms with van der Waals surface area (Å²) in [4.78, 5) is 33.3. The van der Waals surface area contributed by atoms with Crippen molar-refractivity contribution < 1.29 is 14.3 Å². The molecule has 8 heteroatoms. The molecule has 2 N–H and O–H groups in total. The minimum Gasteiger partial charge on any atom is -0.487 e. The van der Waals surface area contributed by atoms with Crippen molar-refractivity contribution in [2.75, 3.05) is 10.6 Å². The number of ether oxygens (including phenoxy) is 1. The van der Waals surface area contributed by atoms with Gasteiger partial charge in [-0.05, 0) is 49.4 Å². The zero-order valence-electron chi connectivity index (χ0n) is 18.4. The predicted octanol–water partition coefficient (Wildman–Crippen LogP) is 5.33. The Labute approximate surface area is 201 Å². The second-order valence-corrected chi connectivity index (χ2v) is 8.34. The number of hydrogen-bond donors (Lipinski definition) is 2. The van der Waals surface area contributed by atoms with Gasteiger partial charge in [-0.1, -0.05) is 24.3 Å². The average Bonchev–Trinajstić information content (AvgIpc) is 3.27. The summed E-state index contributed by atoms with van der Waals surface area (Å²) in [7, 11) is 0. The first-order chi connectivity index (χ1) is 16.6. The first kappa shape index (κ1) is 22.9. The van der Waals surface area contributed by atoms with Gasteiger partial charge in [-0.15, -0.1) is 11.3 Å². The molecule has 0 aliphatic rings. The lowest BCUT2D eigenvalue weighted by atomic mass is 10.1. The summed E-state index contributed by atoms with van der Waals surface area (Å²) in [6, 6.07) is 17.6. The summed E-state index contributed by atoms with van der Waals surface area (Å²) in [5.41, 5.74) is 3.22. The third kappa shape index (κ3) is 6.36. The van der Waals surface area contributed by atoms with Crippen molar-refractivity contribution in [1.29, 1.82) is 0 Å². The molecule has 0 spiro atoms. The number of benzene rings is 2. The van der Waals surface area contributed by atoms with Crippen LogP contribution < -0.4 is 15.4 Å². The smallest absolute Gasteiger partial charge is 0.255 e. The number of anilines is 2. The van der Waals surface area contributed by atoms with E-state index in [0.29, 0.717) is 29.3 Å². The molecule has 0 fully saturated rings. The molecule has 4 aromatic rings. The highest BCUT2D eigenvalue weighted by atomic mass is 32.1. The standard InChI is InChI=1S/C26H22N4O3S/c1-18-28-23(17-34-18)16-33-24-8-3-2-5-19(24)9-10-25(31)29-22-7-4-6-20(15-22)26(32)30-21-11-13-27-14-12-21/h2-15,17H,16H2,1H3,(H,29,31)(H,27,30,32). The molecule has 0 saturated heterocycles. The molecule has 2 heterocycles. The Bertz CT molecular complexity index is 1320. The van der Waals surface area contributed by atoms with Crippen LogP contribution in [0.5, 0.6) is 5.75 Å². The van der Waals surface area contributed by atoms with Gasteiger partial charge in [0, 0.05) is 46.4 Å². The average molecular weight is 471 g/mol. The normalized spacial score (nSPS) is 10.7. The minimum absolute atomic E-state index is 0.278. The molecule has 2 aromatic heterocycles. The monoisotopic (exact) mass is 470 g/mol. The lowest BCUT2D eigenvalue weighted by molar-refractivity contribution is -0.111. The highest BCUT2D eigenvalue weighted by molar-refractivity contribution is 7.09. The lowest BCUT2D eigenvalue weighted by Crippen LogP contribution is -2.13. The second-order valence-electron chi connectivity index (χ2n) is 7.28. The Morgan fingerprint density at radius 2 is 1.82 bits per heavy atom. The fraction of sp³-hybridized carbons (Fsp3) is 0.0769. The van der Waals surface area contributed by atoms with Gasteiger partial charge in [0.05, 0.1) is 10.7 Å². The molecule has 0 radical (unpaired) electrons. The predicted molar refractivity (Wildman–Crippen MR) is 134 cm³/mol. The number of hydrogen-bond acceptors (Lipinski definition) is 6. The molecule has 2 amide bonds. The van der Waals surface area contributed by atoms with E-state index in [-0.39, 0.29) is 11.8 Å². The Balaban J connectivity index is 1.38. The van der Waals surface area contributed by atoms with Crippen LogP contribution in [0.25, 0.3) is 6.08 Å². The Kier molecular flexibility index (Phi) is 7.42. The van der Waals surface area contributed by atoms with Gasteiger partial charge in [0.15, 0.2) is 0 Å². The van der Waals surface area contributed by atoms with Gasteiger partial charge in [-0.25, -0.2) is 4.98 Å². The molecule has 0 aliphatic carbocycles. The van der Waals surface area contributed by atoms with Crippen molar-refractivity contribution in [2.24, 2.45) is 0 Å². The molecule has 0 aliphatic heterocycles. The van der Waals surface area contributed by atoms with E-state index in [2.05, 4.69) is 20.6 Å². The van der Waals surface area contributed by atoms with Crippen molar-refractivity contribution in [2.45, 2.75) is 13.5 Å². The van der Waals surface area contributed by atoms with Crippen LogP contribution in [0.1, 0.15) is 26.6 Å². The summed E-state index contributed by atoms with van der Waals surface area (Å²) in [6.45, 7) is 2.31. The summed E-state index contributed by atoms with van der Waals surface area (Å²) >= 11 is 1.58. The number of rotatable bonds is 8. The van der Waals surface area contributed by atoms with E-state index in [4.69, 9.17) is 4.74 Å². The fourth-order valence-corrected chi connectivity index (χ4v) is 3.70. The number of nitrogens with one attached hydrogen (secondary N) is 2. The topological polar surface area (TPSA) is 93.2 Å². The third-order valence-electron chi connectivity index (χ3n) is 4.71. The van der Waals surface area contributed by atoms with Crippen molar-refractivity contribution in [1.82, 2.24) is 9.97 Å². The van der Waals surface area contributed by atoms with E-state index in [0.717, 1.165) is 16.3 Å². The van der Waals surface area contributed by atoms with Crippen molar-refractivity contribution in [3.63, 3.8) is 0 Å². The number of para-hydroxylation sites is 1. The lowest BCUT2D eigenvalue weighted by Gasteiger charge is -2.08. The Morgan fingerprint density at radius 1 is 1.00 bits per heavy atom. The van der Waals surface area contributed by atoms with E-state index in [1.54, 1.807) is 66.2 Å². The summed E-state index contributed by atoms with van der Waals surface area (Å²) in [5.74, 6) is 0.0582. The first-order valence-corrected chi connectivity index (χ1v) is 11.4. The molecule has 4 rings (SSSR count). The number of nitrogens with zero attached hydrogens (tertiary/aromatic N) is 2. The van der Waals surface area contributed by atoms with E-state index >= 15 is 0 Å². The van der Waals surface area contributed by atoms with Crippen LogP contribution in [0, 0.1) is 6.92 Å². The third-order valence-corrected chi connectivity index (χ3v) is 5.53. The first-order valence-electron chi connectivity index (χ1n) is 10.5. The Morgan fingerprint density at radius 3 is 2.62 bits per heavy atom. The summed E-state index contributed by atoms with van der Waals surface area (Å²) in [5, 5.41) is 8.53. The fourth-order valence-electron chi connectivity index (χ4n) is 3.10. The number of aryl methyl sites for hydroxylation is 1. The van der Waals surface area contributed by atoms with Gasteiger partial charge in [0.2, 0.25) is 5.91 Å². The molecule has 170 valence electrons. The zero-order chi connectivity index (χ0) is 23.8. The molecular weight excluding hydrogens is 448 g/mol. The van der Waals surface area contributed by atoms with Crippen LogP contribution in [-0.4, -0.2) is 21.8 Å². The zero-order valence-corrected chi connectivity index (χ0v) is 19.2. The van der Waals surface area contributed by atoms with Crippen molar-refractivity contribution in [3.8, 4) is 5.75 Å². The van der Waals surface area contributed by atoms with E-state index in [9.17, 15) is 9.59 Å². The maximum Gasteiger partial charge on any atom is 0.255 e. The van der Waals surface area contributed by atoms with E-state index in [1.807, 2.05) is 36.6 Å². The number of pyridine rings is 1. The van der Waals surface area contributed by atoms with Crippen molar-refractivity contribution >= 4 is 40.6 Å². The summed E-state index contributed by atoms with van der Waals surface area (Å²) < 4.78 is 5.89. The number of aromatic nitrogens is 2. The van der Waals surface area contributed by atoms with Crippen LogP contribution in [0.15, 0.2) is 84.5 Å². The summed E-state index contributed by atoms with van der Waals surface area (Å²) in [6.07, 6.45) is 6.32. The van der Waals surface area contributed by atoms with Gasteiger partial charge < -0.3 is 15.4 Å². The second kappa shape index (κ2) is 11.0. The van der Waals surface area contributed by atoms with Gasteiger partial charge in [0.25, 0.3) is 5.91 Å². The maximum absolute atomic E-state index is 12.5. The quantitative estimate of drug-likeness (QED) is 0.340. The number of carbonyl (C=O) groups is 2. The molecule has 7 nitrogen and oxygen atoms in total. The molecule has 2 aromatic carbocycles. The molecule has 0 bridgehead atoms. The molecule has 0 saturated carbocycles. The van der Waals surface area contributed by atoms with Crippen LogP contribution in [0.4, 0.5) is 11.4 Å². The minimum atomic E-state index is -0.323. The van der Waals surface area contributed by atoms with E-state index < -0.39 is 0 Å². The van der Waals surface area contributed by atoms with Gasteiger partial charge in [-0.2, -0.15) is 0 Å². The van der Waals surface area contributed by atoms with Crippen molar-refractivity contribution in [3.05, 3.63) is 106 Å². The number of carbonyl (C=O) groups excluding carboxylic acids is 2. The number of amides is 2. The largest absolute Gasteiger partial charge is 0.487 e. The number of thiazole rings is 1. The van der Waals surface area contributed by atoms with Crippen LogP contribution >= 0.6 is 11.3 Å². The Hall–Kier alpha value is -4.30. The molecular formula is C26H22N4O3S.